The minimum absolute atomic E-state index is 0. The van der Waals surface area contributed by atoms with Crippen molar-refractivity contribution in [3.8, 4) is 5.75 Å². The summed E-state index contributed by atoms with van der Waals surface area (Å²) in [5.41, 5.74) is 0.329. The van der Waals surface area contributed by atoms with E-state index in [1.807, 2.05) is 0 Å². The van der Waals surface area contributed by atoms with Gasteiger partial charge in [-0.1, -0.05) is 45.4 Å². The Labute approximate surface area is 325 Å². The van der Waals surface area contributed by atoms with Crippen molar-refractivity contribution >= 4 is 36.0 Å². The first-order valence-electron chi connectivity index (χ1n) is 16.0. The molecule has 3 aromatic rings. The molecule has 0 fully saturated rings. The van der Waals surface area contributed by atoms with Gasteiger partial charge in [0.2, 0.25) is 23.4 Å². The van der Waals surface area contributed by atoms with Crippen LogP contribution in [-0.4, -0.2) is 48.0 Å². The summed E-state index contributed by atoms with van der Waals surface area (Å²) in [6, 6.07) is 11.0. The summed E-state index contributed by atoms with van der Waals surface area (Å²) in [5.74, 6) is -10.4. The van der Waals surface area contributed by atoms with Crippen LogP contribution < -0.4 is 39.5 Å². The number of halogens is 4. The summed E-state index contributed by atoms with van der Waals surface area (Å²) in [4.78, 5) is 59.1. The molecule has 0 aliphatic heterocycles. The average molecular weight is 754 g/mol. The molecule has 11 nitrogen and oxygen atoms in total. The predicted molar refractivity (Wildman–Crippen MR) is 189 cm³/mol. The maximum atomic E-state index is 13.8. The van der Waals surface area contributed by atoms with Crippen LogP contribution in [0.2, 0.25) is 0 Å². The zero-order chi connectivity index (χ0) is 39.3. The van der Waals surface area contributed by atoms with Gasteiger partial charge in [0.1, 0.15) is 17.7 Å². The number of ether oxygens (including phenoxy) is 3. The first kappa shape index (κ1) is 49.0. The number of rotatable bonds is 12. The summed E-state index contributed by atoms with van der Waals surface area (Å²) < 4.78 is 68.4. The fourth-order valence-corrected chi connectivity index (χ4v) is 4.33. The van der Waals surface area contributed by atoms with E-state index in [1.165, 1.54) is 31.6 Å². The van der Waals surface area contributed by atoms with Crippen molar-refractivity contribution in [2.45, 2.75) is 79.2 Å². The van der Waals surface area contributed by atoms with E-state index in [2.05, 4.69) is 27.6 Å². The summed E-state index contributed by atoms with van der Waals surface area (Å²) in [6.07, 6.45) is -0.890. The Morgan fingerprint density at radius 3 is 1.94 bits per heavy atom. The van der Waals surface area contributed by atoms with Crippen LogP contribution in [0.3, 0.4) is 0 Å². The van der Waals surface area contributed by atoms with Crippen molar-refractivity contribution in [2.75, 3.05) is 5.32 Å². The number of carbonyl (C=O) groups excluding carboxylic acids is 5. The molecular weight excluding hydrogens is 709 g/mol. The summed E-state index contributed by atoms with van der Waals surface area (Å²) in [5, 5.41) is 7.84. The van der Waals surface area contributed by atoms with Gasteiger partial charge in [0.25, 0.3) is 5.97 Å². The number of alkyl carbamates (subject to hydrolysis) is 1. The van der Waals surface area contributed by atoms with Gasteiger partial charge >= 0.3 is 25.0 Å². The van der Waals surface area contributed by atoms with E-state index in [9.17, 15) is 41.5 Å². The number of nitrogens with one attached hydrogen (secondary N) is 3. The van der Waals surface area contributed by atoms with Crippen LogP contribution in [0.1, 0.15) is 75.5 Å². The van der Waals surface area contributed by atoms with E-state index in [0.29, 0.717) is 11.3 Å². The van der Waals surface area contributed by atoms with Gasteiger partial charge in [0, 0.05) is 11.3 Å². The maximum absolute atomic E-state index is 13.8. The normalized spacial score (nSPS) is 11.6. The van der Waals surface area contributed by atoms with E-state index in [0.717, 1.165) is 5.56 Å². The number of anilines is 1. The first-order valence-corrected chi connectivity index (χ1v) is 16.0. The standard InChI is InChI=1S/C21H30N3O6.C16H11F4O2.CH3.Li/c1-13(2)17(24-20(28)30-21(4,5)6)19(27)22-14(3)18(26)23-16-9-7-15(8-10-16)11-29-12-25;1-3-9-11(17)12(18)13(19)14(20)15(9)22-16(21)10-7-5-4-6-8(10)2;;/h7-10,13-14,17H,11H2,1-6H3,(H,22,27)(H,23,26)(H,24,28);4-7H,2-3H2,1H3;1H3;/q3*-1;+1/t14-,17-;;;/m0.../s1. The third-order valence-electron chi connectivity index (χ3n) is 6.99. The van der Waals surface area contributed by atoms with E-state index in [-0.39, 0.29) is 50.8 Å². The molecular formula is C38H44F4LiN3O8-2. The fourth-order valence-electron chi connectivity index (χ4n) is 4.33. The molecule has 0 radical (unpaired) electrons. The molecule has 3 rings (SSSR count). The van der Waals surface area contributed by atoms with E-state index >= 15 is 0 Å². The first-order chi connectivity index (χ1) is 24.3. The van der Waals surface area contributed by atoms with Crippen LogP contribution in [0.25, 0.3) is 0 Å². The molecule has 0 saturated heterocycles. The van der Waals surface area contributed by atoms with Crippen molar-refractivity contribution in [3.63, 3.8) is 0 Å². The van der Waals surface area contributed by atoms with Crippen molar-refractivity contribution in [1.82, 2.24) is 10.6 Å². The molecule has 3 N–H and O–H groups in total. The number of hydrogen-bond donors (Lipinski definition) is 3. The van der Waals surface area contributed by atoms with Crippen LogP contribution in [0.4, 0.5) is 28.0 Å². The monoisotopic (exact) mass is 753 g/mol. The summed E-state index contributed by atoms with van der Waals surface area (Å²) in [7, 11) is 0. The molecule has 16 heteroatoms. The largest absolute Gasteiger partial charge is 1.00 e. The van der Waals surface area contributed by atoms with Gasteiger partial charge in [-0.05, 0) is 63.3 Å². The Hall–Kier alpha value is -5.00. The number of esters is 1. The van der Waals surface area contributed by atoms with Crippen LogP contribution in [0.5, 0.6) is 5.75 Å². The SMILES string of the molecule is CC(C)[C@H](NC(=O)OC(C)(C)C)C(=O)N[C@@H](C)C(=O)Nc1ccc(CO[C-]=O)cc1.[CH2-]c1ccccc1C(=O)Oc1c(F)c(F)c(F)c(F)c1CC.[CH3-].[Li+]. The molecule has 0 bridgehead atoms. The Morgan fingerprint density at radius 1 is 0.852 bits per heavy atom. The van der Waals surface area contributed by atoms with Gasteiger partial charge in [0.15, 0.2) is 17.4 Å². The zero-order valence-corrected chi connectivity index (χ0v) is 31.8. The Morgan fingerprint density at radius 2 is 1.43 bits per heavy atom. The van der Waals surface area contributed by atoms with Crippen molar-refractivity contribution in [3.05, 3.63) is 108 Å². The Bertz CT molecular complexity index is 1750. The molecule has 0 aliphatic rings. The smallest absolute Gasteiger partial charge is 0.650 e. The van der Waals surface area contributed by atoms with Crippen LogP contribution in [0, 0.1) is 43.5 Å². The number of benzene rings is 3. The second kappa shape index (κ2) is 22.3. The van der Waals surface area contributed by atoms with E-state index in [1.54, 1.807) is 71.9 Å². The van der Waals surface area contributed by atoms with Gasteiger partial charge in [0.05, 0.1) is 6.61 Å². The molecule has 3 aromatic carbocycles. The van der Waals surface area contributed by atoms with Crippen LogP contribution in [0.15, 0.2) is 48.5 Å². The Kier molecular flexibility index (Phi) is 20.2. The Balaban J connectivity index is 0.00000104. The van der Waals surface area contributed by atoms with Crippen molar-refractivity contribution in [2.24, 2.45) is 5.92 Å². The second-order valence-corrected chi connectivity index (χ2v) is 12.6. The van der Waals surface area contributed by atoms with Crippen molar-refractivity contribution < 1.29 is 74.6 Å². The minimum atomic E-state index is -2.03. The topological polar surface area (TPSA) is 149 Å². The van der Waals surface area contributed by atoms with Gasteiger partial charge < -0.3 is 42.4 Å². The molecule has 290 valence electrons. The van der Waals surface area contributed by atoms with Gasteiger partial charge in [-0.2, -0.15) is 22.9 Å². The van der Waals surface area contributed by atoms with Gasteiger partial charge in [-0.15, -0.1) is 12.1 Å². The number of amides is 3. The summed E-state index contributed by atoms with van der Waals surface area (Å²) in [6.45, 7) is 16.7. The number of hydrogen-bond acceptors (Lipinski definition) is 8. The minimum Gasteiger partial charge on any atom is -0.650 e. The second-order valence-electron chi connectivity index (χ2n) is 12.6. The molecule has 0 heterocycles. The molecule has 0 unspecified atom stereocenters. The average Bonchev–Trinajstić information content (AvgIpc) is 3.07. The fraction of sp³-hybridized carbons (Fsp3) is 0.342. The molecule has 0 spiro atoms. The van der Waals surface area contributed by atoms with Crippen molar-refractivity contribution in [1.29, 1.82) is 0 Å². The third-order valence-corrected chi connectivity index (χ3v) is 6.99. The van der Waals surface area contributed by atoms with Gasteiger partial charge in [-0.25, -0.2) is 18.0 Å². The van der Waals surface area contributed by atoms with Gasteiger partial charge in [-0.3, -0.25) is 14.4 Å². The quantitative estimate of drug-likeness (QED) is 0.0480. The van der Waals surface area contributed by atoms with E-state index in [4.69, 9.17) is 9.47 Å². The molecule has 0 aromatic heterocycles. The van der Waals surface area contributed by atoms with Crippen LogP contribution in [-0.2, 0) is 36.9 Å². The molecule has 54 heavy (non-hydrogen) atoms. The molecule has 3 amide bonds. The maximum Gasteiger partial charge on any atom is 1.00 e. The van der Waals surface area contributed by atoms with Crippen LogP contribution >= 0.6 is 0 Å². The number of carbonyl (C=O) groups is 4. The molecule has 0 saturated carbocycles. The van der Waals surface area contributed by atoms with E-state index < -0.39 is 76.1 Å². The third kappa shape index (κ3) is 14.4. The summed E-state index contributed by atoms with van der Waals surface area (Å²) >= 11 is 0. The molecule has 2 atom stereocenters. The molecule has 0 aliphatic carbocycles. The predicted octanol–water partition coefficient (Wildman–Crippen LogP) is 3.92. The zero-order valence-electron chi connectivity index (χ0n) is 31.8.